The van der Waals surface area contributed by atoms with Crippen LogP contribution in [-0.2, 0) is 11.3 Å². The molecule has 1 aromatic heterocycles. The van der Waals surface area contributed by atoms with Gasteiger partial charge in [0.25, 0.3) is 0 Å². The highest BCUT2D eigenvalue weighted by Crippen LogP contribution is 2.07. The van der Waals surface area contributed by atoms with E-state index >= 15 is 0 Å². The zero-order chi connectivity index (χ0) is 11.3. The lowest BCUT2D eigenvalue weighted by Gasteiger charge is -2.20. The van der Waals surface area contributed by atoms with Crippen molar-refractivity contribution in [1.82, 2.24) is 9.88 Å². The number of nitrogens with zero attached hydrogens (tertiary/aromatic N) is 2. The summed E-state index contributed by atoms with van der Waals surface area (Å²) in [6.07, 6.45) is 2.63. The molecule has 0 aliphatic carbocycles. The van der Waals surface area contributed by atoms with Crippen molar-refractivity contribution in [3.63, 3.8) is 0 Å². The third-order valence-electron chi connectivity index (χ3n) is 2.54. The molecule has 0 aliphatic heterocycles. The van der Waals surface area contributed by atoms with E-state index in [1.807, 2.05) is 39.1 Å². The molecule has 0 saturated heterocycles. The van der Waals surface area contributed by atoms with E-state index in [0.29, 0.717) is 6.54 Å². The molecule has 1 rings (SSSR count). The first-order chi connectivity index (χ1) is 7.15. The summed E-state index contributed by atoms with van der Waals surface area (Å²) >= 11 is 0. The third-order valence-corrected chi connectivity index (χ3v) is 2.54. The number of pyridine rings is 1. The molecule has 1 aromatic rings. The molecule has 0 spiro atoms. The van der Waals surface area contributed by atoms with Crippen molar-refractivity contribution in [2.75, 3.05) is 7.05 Å². The smallest absolute Gasteiger partial charge is 0.225 e. The Balaban J connectivity index is 2.56. The summed E-state index contributed by atoms with van der Waals surface area (Å²) in [6, 6.07) is 5.74. The Morgan fingerprint density at radius 2 is 2.27 bits per heavy atom. The van der Waals surface area contributed by atoms with Gasteiger partial charge in [-0.2, -0.15) is 0 Å². The Labute approximate surface area is 91.1 Å². The first-order valence-electron chi connectivity index (χ1n) is 5.30. The van der Waals surface area contributed by atoms with E-state index < -0.39 is 0 Å². The number of hydrogen-bond donors (Lipinski definition) is 0. The largest absolute Gasteiger partial charge is 0.340 e. The molecule has 0 N–H and O–H groups in total. The Morgan fingerprint density at radius 1 is 1.53 bits per heavy atom. The van der Waals surface area contributed by atoms with E-state index in [9.17, 15) is 4.79 Å². The summed E-state index contributed by atoms with van der Waals surface area (Å²) in [6.45, 7) is 4.57. The molecule has 1 amide bonds. The number of amides is 1. The Morgan fingerprint density at radius 3 is 2.80 bits per heavy atom. The molecule has 0 saturated carbocycles. The molecule has 15 heavy (non-hydrogen) atoms. The second-order valence-corrected chi connectivity index (χ2v) is 3.82. The number of carbonyl (C=O) groups is 1. The maximum atomic E-state index is 11.8. The fourth-order valence-corrected chi connectivity index (χ4v) is 1.36. The molecule has 0 radical (unpaired) electrons. The summed E-state index contributed by atoms with van der Waals surface area (Å²) in [4.78, 5) is 17.7. The highest BCUT2D eigenvalue weighted by atomic mass is 16.2. The van der Waals surface area contributed by atoms with Crippen LogP contribution in [0.2, 0.25) is 0 Å². The van der Waals surface area contributed by atoms with Crippen LogP contribution in [0.3, 0.4) is 0 Å². The van der Waals surface area contributed by atoms with Crippen molar-refractivity contribution in [1.29, 1.82) is 0 Å². The van der Waals surface area contributed by atoms with Crippen LogP contribution in [0.15, 0.2) is 24.4 Å². The molecule has 1 atom stereocenters. The van der Waals surface area contributed by atoms with Crippen LogP contribution in [0.5, 0.6) is 0 Å². The molecule has 3 heteroatoms. The van der Waals surface area contributed by atoms with E-state index in [1.165, 1.54) is 0 Å². The topological polar surface area (TPSA) is 33.2 Å². The van der Waals surface area contributed by atoms with Crippen molar-refractivity contribution in [3.8, 4) is 0 Å². The summed E-state index contributed by atoms with van der Waals surface area (Å²) in [5.41, 5.74) is 0.927. The van der Waals surface area contributed by atoms with Crippen LogP contribution < -0.4 is 0 Å². The van der Waals surface area contributed by atoms with Gasteiger partial charge in [-0.15, -0.1) is 0 Å². The lowest BCUT2D eigenvalue weighted by molar-refractivity contribution is -0.134. The lowest BCUT2D eigenvalue weighted by atomic mass is 10.1. The van der Waals surface area contributed by atoms with Crippen LogP contribution in [0, 0.1) is 5.92 Å². The minimum absolute atomic E-state index is 0.0960. The first kappa shape index (κ1) is 11.7. The average molecular weight is 206 g/mol. The molecule has 82 valence electrons. The molecule has 1 heterocycles. The van der Waals surface area contributed by atoms with Gasteiger partial charge in [0.1, 0.15) is 0 Å². The molecule has 1 unspecified atom stereocenters. The predicted octanol–water partition coefficient (Wildman–Crippen LogP) is 2.09. The molecule has 0 aromatic carbocycles. The van der Waals surface area contributed by atoms with Gasteiger partial charge in [-0.3, -0.25) is 9.78 Å². The Hall–Kier alpha value is -1.38. The van der Waals surface area contributed by atoms with E-state index in [0.717, 1.165) is 12.1 Å². The van der Waals surface area contributed by atoms with Gasteiger partial charge in [-0.1, -0.05) is 19.9 Å². The monoisotopic (exact) mass is 206 g/mol. The second-order valence-electron chi connectivity index (χ2n) is 3.82. The zero-order valence-corrected chi connectivity index (χ0v) is 9.60. The van der Waals surface area contributed by atoms with Gasteiger partial charge in [0.2, 0.25) is 5.91 Å². The number of rotatable bonds is 4. The van der Waals surface area contributed by atoms with Gasteiger partial charge in [0.15, 0.2) is 0 Å². The second kappa shape index (κ2) is 5.49. The molecular formula is C12H18N2O. The van der Waals surface area contributed by atoms with Crippen LogP contribution in [0.25, 0.3) is 0 Å². The van der Waals surface area contributed by atoms with Crippen molar-refractivity contribution >= 4 is 5.91 Å². The minimum atomic E-state index is 0.0960. The maximum Gasteiger partial charge on any atom is 0.225 e. The van der Waals surface area contributed by atoms with Crippen LogP contribution >= 0.6 is 0 Å². The summed E-state index contributed by atoms with van der Waals surface area (Å²) in [5.74, 6) is 0.280. The minimum Gasteiger partial charge on any atom is -0.340 e. The quantitative estimate of drug-likeness (QED) is 0.755. The standard InChI is InChI=1S/C12H18N2O/c1-4-10(2)12(15)14(3)9-11-7-5-6-8-13-11/h5-8,10H,4,9H2,1-3H3. The fraction of sp³-hybridized carbons (Fsp3) is 0.500. The van der Waals surface area contributed by atoms with Gasteiger partial charge < -0.3 is 4.90 Å². The SMILES string of the molecule is CCC(C)C(=O)N(C)Cc1ccccn1. The number of hydrogen-bond acceptors (Lipinski definition) is 2. The lowest BCUT2D eigenvalue weighted by Crippen LogP contribution is -2.31. The van der Waals surface area contributed by atoms with Gasteiger partial charge in [-0.25, -0.2) is 0 Å². The molecule has 3 nitrogen and oxygen atoms in total. The van der Waals surface area contributed by atoms with E-state index in [2.05, 4.69) is 4.98 Å². The molecule has 0 fully saturated rings. The number of carbonyl (C=O) groups excluding carboxylic acids is 1. The number of aromatic nitrogens is 1. The highest BCUT2D eigenvalue weighted by molar-refractivity contribution is 5.78. The van der Waals surface area contributed by atoms with Crippen LogP contribution in [-0.4, -0.2) is 22.8 Å². The normalized spacial score (nSPS) is 12.2. The van der Waals surface area contributed by atoms with E-state index in [1.54, 1.807) is 11.1 Å². The molecule has 0 aliphatic rings. The van der Waals surface area contributed by atoms with Crippen LogP contribution in [0.4, 0.5) is 0 Å². The first-order valence-corrected chi connectivity index (χ1v) is 5.30. The van der Waals surface area contributed by atoms with Gasteiger partial charge in [-0.05, 0) is 18.6 Å². The van der Waals surface area contributed by atoms with Crippen molar-refractivity contribution in [3.05, 3.63) is 30.1 Å². The van der Waals surface area contributed by atoms with E-state index in [-0.39, 0.29) is 11.8 Å². The predicted molar refractivity (Wildman–Crippen MR) is 60.2 cm³/mol. The Bertz CT molecular complexity index is 311. The van der Waals surface area contributed by atoms with Crippen LogP contribution in [0.1, 0.15) is 26.0 Å². The third kappa shape index (κ3) is 3.35. The fourth-order valence-electron chi connectivity index (χ4n) is 1.36. The highest BCUT2D eigenvalue weighted by Gasteiger charge is 2.15. The van der Waals surface area contributed by atoms with Gasteiger partial charge in [0, 0.05) is 19.2 Å². The Kier molecular flexibility index (Phi) is 4.28. The summed E-state index contributed by atoms with van der Waals surface area (Å²) < 4.78 is 0. The average Bonchev–Trinajstić information content (AvgIpc) is 2.28. The van der Waals surface area contributed by atoms with Gasteiger partial charge >= 0.3 is 0 Å². The maximum absolute atomic E-state index is 11.8. The molecule has 0 bridgehead atoms. The van der Waals surface area contributed by atoms with Gasteiger partial charge in [0.05, 0.1) is 12.2 Å². The molecular weight excluding hydrogens is 188 g/mol. The summed E-state index contributed by atoms with van der Waals surface area (Å²) in [7, 11) is 1.82. The summed E-state index contributed by atoms with van der Waals surface area (Å²) in [5, 5.41) is 0. The van der Waals surface area contributed by atoms with Crippen molar-refractivity contribution < 1.29 is 4.79 Å². The van der Waals surface area contributed by atoms with Crippen molar-refractivity contribution in [2.24, 2.45) is 5.92 Å². The zero-order valence-electron chi connectivity index (χ0n) is 9.60. The van der Waals surface area contributed by atoms with Crippen molar-refractivity contribution in [2.45, 2.75) is 26.8 Å². The van der Waals surface area contributed by atoms with E-state index in [4.69, 9.17) is 0 Å².